The van der Waals surface area contributed by atoms with E-state index in [2.05, 4.69) is 5.92 Å². The van der Waals surface area contributed by atoms with E-state index in [0.717, 1.165) is 4.90 Å². The number of terminal acetylenes is 1. The molecule has 1 amide bonds. The van der Waals surface area contributed by atoms with Gasteiger partial charge in [0.15, 0.2) is 0 Å². The van der Waals surface area contributed by atoms with Crippen LogP contribution >= 0.6 is 7.14 Å². The standard InChI is InChI=1S/C28H23FN3O2P/c1-5-16-7-6-8-20-26(16)24-15-25(31(2)28(20)33)27-30-22-12-9-17(13-23(22)32(24)27)19-11-10-18(14-21(19)29)35(3,4)34/h1,6-14,24-25H,15H2,2-4H3/t24-,25-/m1/s1/i2D3. The summed E-state index contributed by atoms with van der Waals surface area (Å²) in [6, 6.07) is 13.7. The molecule has 3 heterocycles. The maximum atomic E-state index is 15.2. The minimum Gasteiger partial charge on any atom is -0.331 e. The van der Waals surface area contributed by atoms with Gasteiger partial charge in [0.2, 0.25) is 0 Å². The van der Waals surface area contributed by atoms with Crippen molar-refractivity contribution >= 4 is 29.4 Å². The number of carbonyl (C=O) groups is 1. The van der Waals surface area contributed by atoms with E-state index < -0.39 is 37.9 Å². The van der Waals surface area contributed by atoms with E-state index in [4.69, 9.17) is 15.5 Å². The van der Waals surface area contributed by atoms with Gasteiger partial charge >= 0.3 is 0 Å². The van der Waals surface area contributed by atoms with Crippen LogP contribution in [0.4, 0.5) is 4.39 Å². The number of aromatic nitrogens is 2. The second-order valence-corrected chi connectivity index (χ2v) is 12.6. The lowest BCUT2D eigenvalue weighted by Gasteiger charge is -2.24. The highest BCUT2D eigenvalue weighted by molar-refractivity contribution is 7.70. The molecular weight excluding hydrogens is 460 g/mol. The Kier molecular flexibility index (Phi) is 3.94. The molecule has 0 radical (unpaired) electrons. The van der Waals surface area contributed by atoms with Crippen LogP contribution in [0.1, 0.15) is 49.9 Å². The largest absolute Gasteiger partial charge is 0.331 e. The second kappa shape index (κ2) is 7.41. The van der Waals surface area contributed by atoms with Gasteiger partial charge in [0.05, 0.1) is 23.1 Å². The van der Waals surface area contributed by atoms with Crippen LogP contribution in [-0.2, 0) is 4.57 Å². The molecule has 0 unspecified atom stereocenters. The Hall–Kier alpha value is -3.68. The molecule has 1 aromatic heterocycles. The molecule has 0 saturated carbocycles. The fourth-order valence-corrected chi connectivity index (χ4v) is 6.17. The smallest absolute Gasteiger partial charge is 0.254 e. The summed E-state index contributed by atoms with van der Waals surface area (Å²) in [5.74, 6) is 2.03. The first-order chi connectivity index (χ1) is 17.9. The van der Waals surface area contributed by atoms with Crippen LogP contribution in [0.3, 0.4) is 0 Å². The minimum absolute atomic E-state index is 0.262. The Morgan fingerprint density at radius 2 is 1.97 bits per heavy atom. The third kappa shape index (κ3) is 3.12. The molecule has 0 fully saturated rings. The van der Waals surface area contributed by atoms with E-state index in [-0.39, 0.29) is 5.56 Å². The molecule has 2 atom stereocenters. The van der Waals surface area contributed by atoms with Crippen LogP contribution in [0, 0.1) is 18.2 Å². The Morgan fingerprint density at radius 1 is 1.14 bits per heavy atom. The molecule has 0 aliphatic carbocycles. The highest BCUT2D eigenvalue weighted by atomic mass is 31.2. The van der Waals surface area contributed by atoms with Crippen LogP contribution in [-0.4, -0.2) is 40.7 Å². The molecular formula is C28H23FN3O2P. The van der Waals surface area contributed by atoms with Gasteiger partial charge in [-0.1, -0.05) is 30.2 Å². The number of benzene rings is 3. The van der Waals surface area contributed by atoms with Crippen molar-refractivity contribution in [3.05, 3.63) is 82.9 Å². The Bertz CT molecular complexity index is 1770. The summed E-state index contributed by atoms with van der Waals surface area (Å²) in [5, 5.41) is 0.461. The molecule has 0 saturated heterocycles. The third-order valence-corrected chi connectivity index (χ3v) is 8.54. The average molecular weight is 487 g/mol. The van der Waals surface area contributed by atoms with Crippen molar-refractivity contribution in [2.24, 2.45) is 0 Å². The van der Waals surface area contributed by atoms with Crippen molar-refractivity contribution in [1.29, 1.82) is 0 Å². The van der Waals surface area contributed by atoms with Crippen LogP contribution in [0.25, 0.3) is 22.2 Å². The number of imidazole rings is 1. The Balaban J connectivity index is 1.59. The molecule has 0 N–H and O–H groups in total. The highest BCUT2D eigenvalue weighted by Crippen LogP contribution is 2.48. The van der Waals surface area contributed by atoms with Crippen LogP contribution < -0.4 is 5.30 Å². The molecule has 6 rings (SSSR count). The van der Waals surface area contributed by atoms with E-state index in [1.807, 2.05) is 10.6 Å². The highest BCUT2D eigenvalue weighted by Gasteiger charge is 2.44. The van der Waals surface area contributed by atoms with Crippen molar-refractivity contribution < 1.29 is 17.9 Å². The van der Waals surface area contributed by atoms with E-state index in [1.165, 1.54) is 6.07 Å². The van der Waals surface area contributed by atoms with Gasteiger partial charge in [-0.25, -0.2) is 9.37 Å². The number of halogens is 1. The maximum Gasteiger partial charge on any atom is 0.254 e. The molecule has 2 aliphatic rings. The van der Waals surface area contributed by atoms with Crippen molar-refractivity contribution in [2.75, 3.05) is 20.3 Å². The van der Waals surface area contributed by atoms with Gasteiger partial charge in [-0.05, 0) is 49.2 Å². The monoisotopic (exact) mass is 486 g/mol. The Labute approximate surface area is 207 Å². The number of amides is 1. The van der Waals surface area contributed by atoms with Crippen LogP contribution in [0.2, 0.25) is 0 Å². The summed E-state index contributed by atoms with van der Waals surface area (Å²) in [6.07, 6.45) is 6.13. The fraction of sp³-hybridized carbons (Fsp3) is 0.214. The number of rotatable bonds is 2. The van der Waals surface area contributed by atoms with E-state index in [0.29, 0.717) is 50.8 Å². The van der Waals surface area contributed by atoms with Crippen LogP contribution in [0.5, 0.6) is 0 Å². The summed E-state index contributed by atoms with van der Waals surface area (Å²) in [7, 11) is -2.63. The summed E-state index contributed by atoms with van der Waals surface area (Å²) in [5.41, 5.74) is 3.60. The van der Waals surface area contributed by atoms with Crippen molar-refractivity contribution in [3.63, 3.8) is 0 Å². The third-order valence-electron chi connectivity index (χ3n) is 7.01. The first-order valence-corrected chi connectivity index (χ1v) is 13.8. The molecule has 0 spiro atoms. The first-order valence-electron chi connectivity index (χ1n) is 12.7. The summed E-state index contributed by atoms with van der Waals surface area (Å²) < 4.78 is 54.0. The molecule has 5 nitrogen and oxygen atoms in total. The van der Waals surface area contributed by atoms with Crippen molar-refractivity contribution in [1.82, 2.24) is 14.5 Å². The lowest BCUT2D eigenvalue weighted by molar-refractivity contribution is 0.0734. The fourth-order valence-electron chi connectivity index (χ4n) is 5.31. The van der Waals surface area contributed by atoms with Gasteiger partial charge in [-0.3, -0.25) is 4.79 Å². The van der Waals surface area contributed by atoms with E-state index in [9.17, 15) is 9.36 Å². The van der Waals surface area contributed by atoms with Gasteiger partial charge in [-0.2, -0.15) is 0 Å². The molecule has 174 valence electrons. The summed E-state index contributed by atoms with van der Waals surface area (Å²) in [4.78, 5) is 19.2. The molecule has 2 bridgehead atoms. The predicted octanol–water partition coefficient (Wildman–Crippen LogP) is 5.19. The minimum atomic E-state index is -2.69. The zero-order valence-corrected chi connectivity index (χ0v) is 20.0. The molecule has 35 heavy (non-hydrogen) atoms. The van der Waals surface area contributed by atoms with Gasteiger partial charge in [-0.15, -0.1) is 6.42 Å². The quantitative estimate of drug-likeness (QED) is 0.289. The molecule has 4 aromatic rings. The lowest BCUT2D eigenvalue weighted by atomic mass is 9.93. The van der Waals surface area contributed by atoms with Crippen molar-refractivity contribution in [3.8, 4) is 23.5 Å². The van der Waals surface area contributed by atoms with E-state index >= 15 is 4.39 Å². The zero-order valence-electron chi connectivity index (χ0n) is 22.1. The number of fused-ring (bicyclic) bond motifs is 9. The first kappa shape index (κ1) is 18.6. The average Bonchev–Trinajstić information content (AvgIpc) is 3.35. The van der Waals surface area contributed by atoms with Gasteiger partial charge in [0.25, 0.3) is 5.91 Å². The number of hydrogen-bond donors (Lipinski definition) is 0. The van der Waals surface area contributed by atoms with Gasteiger partial charge in [0, 0.05) is 45.1 Å². The topological polar surface area (TPSA) is 55.2 Å². The normalized spacial score (nSPS) is 20.5. The van der Waals surface area contributed by atoms with Gasteiger partial charge < -0.3 is 14.0 Å². The summed E-state index contributed by atoms with van der Waals surface area (Å²) in [6.45, 7) is 0.500. The Morgan fingerprint density at radius 3 is 2.69 bits per heavy atom. The molecule has 3 aromatic carbocycles. The van der Waals surface area contributed by atoms with Crippen molar-refractivity contribution in [2.45, 2.75) is 18.5 Å². The van der Waals surface area contributed by atoms with E-state index in [1.54, 1.807) is 55.8 Å². The lowest BCUT2D eigenvalue weighted by Crippen LogP contribution is -2.30. The number of hydrogen-bond acceptors (Lipinski definition) is 3. The zero-order chi connectivity index (χ0) is 27.1. The molecule has 7 heteroatoms. The van der Waals surface area contributed by atoms with Gasteiger partial charge in [0.1, 0.15) is 18.8 Å². The predicted molar refractivity (Wildman–Crippen MR) is 136 cm³/mol. The van der Waals surface area contributed by atoms with Crippen LogP contribution in [0.15, 0.2) is 54.6 Å². The SMILES string of the molecule is [2H]C([2H])([2H])N1C(=O)c2cccc(C#C)c2[C@H]2C[C@@H]1c1nc3ccc(-c4ccc(P(C)(C)=O)cc4F)cc3n12. The molecule has 2 aliphatic heterocycles. The number of carbonyl (C=O) groups excluding carboxylic acids is 1. The summed E-state index contributed by atoms with van der Waals surface area (Å²) >= 11 is 0. The number of nitrogens with zero attached hydrogens (tertiary/aromatic N) is 3. The maximum absolute atomic E-state index is 15.2. The second-order valence-electron chi connectivity index (χ2n) is 9.41.